The molecule has 1 aromatic rings. The predicted molar refractivity (Wildman–Crippen MR) is 122 cm³/mol. The van der Waals surface area contributed by atoms with Crippen LogP contribution in [-0.4, -0.2) is 87.1 Å². The van der Waals surface area contributed by atoms with Crippen molar-refractivity contribution >= 4 is 29.6 Å². The van der Waals surface area contributed by atoms with E-state index in [9.17, 15) is 34.2 Å². The smallest absolute Gasteiger partial charge is 0.326 e. The fourth-order valence-corrected chi connectivity index (χ4v) is 3.05. The maximum atomic E-state index is 12.7. The third-order valence-electron chi connectivity index (χ3n) is 5.02. The van der Waals surface area contributed by atoms with Gasteiger partial charge in [-0.15, -0.1) is 0 Å². The standard InChI is InChI=1S/C20H34N8O7/c21-6-2-1-3-13(18(32)27-14(20(34)35)4-5-16(23)30)26-19(33)15(9-29)28-17(31)12(22)7-11-8-24-10-25-11/h8,10,12-15,29H,1-7,9,21-22H2,(H2,23,30)(H,24,25)(H,26,33)(H,27,32)(H,28,31)(H,34,35). The van der Waals surface area contributed by atoms with Crippen LogP contribution >= 0.6 is 0 Å². The Hall–Kier alpha value is -3.56. The molecule has 1 rings (SSSR count). The molecule has 12 N–H and O–H groups in total. The third kappa shape index (κ3) is 10.9. The van der Waals surface area contributed by atoms with Gasteiger partial charge in [-0.25, -0.2) is 9.78 Å². The third-order valence-corrected chi connectivity index (χ3v) is 5.02. The highest BCUT2D eigenvalue weighted by atomic mass is 16.4. The van der Waals surface area contributed by atoms with Crippen LogP contribution in [0.1, 0.15) is 37.8 Å². The van der Waals surface area contributed by atoms with Crippen molar-refractivity contribution in [3.63, 3.8) is 0 Å². The highest BCUT2D eigenvalue weighted by Gasteiger charge is 2.30. The van der Waals surface area contributed by atoms with E-state index in [2.05, 4.69) is 25.9 Å². The molecule has 35 heavy (non-hydrogen) atoms. The predicted octanol–water partition coefficient (Wildman–Crippen LogP) is -3.79. The van der Waals surface area contributed by atoms with Crippen molar-refractivity contribution in [1.29, 1.82) is 0 Å². The first kappa shape index (κ1) is 29.5. The number of amides is 4. The summed E-state index contributed by atoms with van der Waals surface area (Å²) in [7, 11) is 0. The van der Waals surface area contributed by atoms with E-state index in [1.165, 1.54) is 12.5 Å². The van der Waals surface area contributed by atoms with E-state index in [0.29, 0.717) is 25.1 Å². The summed E-state index contributed by atoms with van der Waals surface area (Å²) < 4.78 is 0. The second-order valence-electron chi connectivity index (χ2n) is 7.88. The Balaban J connectivity index is 2.82. The largest absolute Gasteiger partial charge is 0.480 e. The summed E-state index contributed by atoms with van der Waals surface area (Å²) in [6.07, 6.45) is 3.60. The lowest BCUT2D eigenvalue weighted by atomic mass is 10.1. The van der Waals surface area contributed by atoms with Gasteiger partial charge in [-0.05, 0) is 32.2 Å². The summed E-state index contributed by atoms with van der Waals surface area (Å²) in [5, 5.41) is 25.9. The van der Waals surface area contributed by atoms with Crippen molar-refractivity contribution in [2.75, 3.05) is 13.2 Å². The van der Waals surface area contributed by atoms with Gasteiger partial charge in [0.15, 0.2) is 0 Å². The molecule has 0 aliphatic heterocycles. The number of carbonyl (C=O) groups is 5. The van der Waals surface area contributed by atoms with E-state index in [1.807, 2.05) is 0 Å². The van der Waals surface area contributed by atoms with E-state index in [4.69, 9.17) is 17.2 Å². The number of carboxylic acid groups (broad SMARTS) is 1. The first-order chi connectivity index (χ1) is 16.6. The van der Waals surface area contributed by atoms with Crippen molar-refractivity contribution in [3.05, 3.63) is 18.2 Å². The van der Waals surface area contributed by atoms with Crippen LogP contribution in [-0.2, 0) is 30.4 Å². The van der Waals surface area contributed by atoms with E-state index in [1.54, 1.807) is 0 Å². The molecule has 0 saturated heterocycles. The Bertz CT molecular complexity index is 849. The van der Waals surface area contributed by atoms with Crippen LogP contribution in [0.4, 0.5) is 0 Å². The average Bonchev–Trinajstić information content (AvgIpc) is 3.31. The molecule has 0 spiro atoms. The monoisotopic (exact) mass is 498 g/mol. The first-order valence-electron chi connectivity index (χ1n) is 11.0. The number of hydrogen-bond donors (Lipinski definition) is 9. The van der Waals surface area contributed by atoms with Crippen LogP contribution in [0.5, 0.6) is 0 Å². The number of aromatic amines is 1. The van der Waals surface area contributed by atoms with Gasteiger partial charge in [0.25, 0.3) is 0 Å². The minimum absolute atomic E-state index is 0.109. The highest BCUT2D eigenvalue weighted by Crippen LogP contribution is 2.05. The number of primary amides is 1. The second kappa shape index (κ2) is 15.4. The number of hydrogen-bond acceptors (Lipinski definition) is 9. The number of imidazole rings is 1. The van der Waals surface area contributed by atoms with Crippen molar-refractivity contribution in [2.24, 2.45) is 17.2 Å². The van der Waals surface area contributed by atoms with Gasteiger partial charge in [-0.2, -0.15) is 0 Å². The normalized spacial score (nSPS) is 14.3. The highest BCUT2D eigenvalue weighted by molar-refractivity contribution is 5.94. The van der Waals surface area contributed by atoms with Crippen molar-refractivity contribution in [1.82, 2.24) is 25.9 Å². The molecular formula is C20H34N8O7. The van der Waals surface area contributed by atoms with Crippen LogP contribution in [0.25, 0.3) is 0 Å². The van der Waals surface area contributed by atoms with Crippen molar-refractivity contribution in [3.8, 4) is 0 Å². The zero-order valence-electron chi connectivity index (χ0n) is 19.2. The van der Waals surface area contributed by atoms with Crippen LogP contribution in [0.3, 0.4) is 0 Å². The molecule has 1 aromatic heterocycles. The Labute approximate surface area is 201 Å². The van der Waals surface area contributed by atoms with Gasteiger partial charge in [-0.1, -0.05) is 0 Å². The summed E-state index contributed by atoms with van der Waals surface area (Å²) >= 11 is 0. The molecule has 0 fully saturated rings. The SMILES string of the molecule is NCCCCC(NC(=O)C(CO)NC(=O)C(N)Cc1cnc[nH]1)C(=O)NC(CCC(N)=O)C(=O)O. The molecule has 0 aliphatic rings. The Kier molecular flexibility index (Phi) is 12.9. The number of carboxylic acids is 1. The number of aliphatic carboxylic acids is 1. The summed E-state index contributed by atoms with van der Waals surface area (Å²) in [6.45, 7) is -0.440. The molecule has 0 bridgehead atoms. The summed E-state index contributed by atoms with van der Waals surface area (Å²) in [5.41, 5.74) is 16.9. The van der Waals surface area contributed by atoms with Gasteiger partial charge in [0.1, 0.15) is 18.1 Å². The van der Waals surface area contributed by atoms with Crippen LogP contribution in [0, 0.1) is 0 Å². The second-order valence-corrected chi connectivity index (χ2v) is 7.88. The lowest BCUT2D eigenvalue weighted by molar-refractivity contribution is -0.142. The molecule has 4 unspecified atom stereocenters. The van der Waals surface area contributed by atoms with Gasteiger partial charge in [0.05, 0.1) is 19.0 Å². The van der Waals surface area contributed by atoms with Gasteiger partial charge in [0, 0.05) is 24.7 Å². The van der Waals surface area contributed by atoms with Gasteiger partial charge in [0.2, 0.25) is 23.6 Å². The van der Waals surface area contributed by atoms with Gasteiger partial charge < -0.3 is 48.3 Å². The lowest BCUT2D eigenvalue weighted by Crippen LogP contribution is -2.58. The van der Waals surface area contributed by atoms with Gasteiger partial charge in [-0.3, -0.25) is 19.2 Å². The molecule has 4 amide bonds. The number of nitrogens with zero attached hydrogens (tertiary/aromatic N) is 1. The fraction of sp³-hybridized carbons (Fsp3) is 0.600. The molecule has 4 atom stereocenters. The zero-order chi connectivity index (χ0) is 26.4. The fourth-order valence-electron chi connectivity index (χ4n) is 3.05. The molecular weight excluding hydrogens is 464 g/mol. The number of H-pyrrole nitrogens is 1. The Morgan fingerprint density at radius 2 is 1.60 bits per heavy atom. The molecule has 196 valence electrons. The van der Waals surface area contributed by atoms with Crippen LogP contribution in [0.15, 0.2) is 12.5 Å². The number of aliphatic hydroxyl groups excluding tert-OH is 1. The molecule has 1 heterocycles. The van der Waals surface area contributed by atoms with Crippen molar-refractivity contribution < 1.29 is 34.2 Å². The zero-order valence-corrected chi connectivity index (χ0v) is 19.2. The molecule has 15 heteroatoms. The van der Waals surface area contributed by atoms with E-state index in [0.717, 1.165) is 0 Å². The summed E-state index contributed by atoms with van der Waals surface area (Å²) in [6, 6.07) is -5.04. The molecule has 0 radical (unpaired) electrons. The van der Waals surface area contributed by atoms with Crippen LogP contribution < -0.4 is 33.2 Å². The number of aliphatic hydroxyl groups is 1. The van der Waals surface area contributed by atoms with E-state index in [-0.39, 0.29) is 25.7 Å². The maximum absolute atomic E-state index is 12.7. The number of rotatable bonds is 17. The molecule has 0 saturated carbocycles. The number of carbonyl (C=O) groups excluding carboxylic acids is 4. The topological polar surface area (TPSA) is 269 Å². The Morgan fingerprint density at radius 1 is 0.971 bits per heavy atom. The minimum Gasteiger partial charge on any atom is -0.480 e. The van der Waals surface area contributed by atoms with Gasteiger partial charge >= 0.3 is 5.97 Å². The van der Waals surface area contributed by atoms with Crippen molar-refractivity contribution in [2.45, 2.75) is 62.7 Å². The van der Waals surface area contributed by atoms with Crippen LogP contribution in [0.2, 0.25) is 0 Å². The molecule has 15 nitrogen and oxygen atoms in total. The number of aromatic nitrogens is 2. The molecule has 0 aromatic carbocycles. The summed E-state index contributed by atoms with van der Waals surface area (Å²) in [4.78, 5) is 66.8. The minimum atomic E-state index is -1.41. The number of nitrogens with two attached hydrogens (primary N) is 3. The average molecular weight is 499 g/mol. The molecule has 0 aliphatic carbocycles. The Morgan fingerprint density at radius 3 is 2.14 bits per heavy atom. The number of nitrogens with one attached hydrogen (secondary N) is 4. The van der Waals surface area contributed by atoms with E-state index >= 15 is 0 Å². The summed E-state index contributed by atoms with van der Waals surface area (Å²) in [5.74, 6) is -4.50. The van der Waals surface area contributed by atoms with E-state index < -0.39 is 60.4 Å². The quantitative estimate of drug-likeness (QED) is 0.0945. The number of unbranched alkanes of at least 4 members (excludes halogenated alkanes) is 1. The maximum Gasteiger partial charge on any atom is 0.326 e. The lowest BCUT2D eigenvalue weighted by Gasteiger charge is -2.24. The first-order valence-corrected chi connectivity index (χ1v) is 11.0.